The molecule has 1 aliphatic rings. The summed E-state index contributed by atoms with van der Waals surface area (Å²) >= 11 is 0. The minimum Gasteiger partial charge on any atom is -0.497 e. The zero-order valence-electron chi connectivity index (χ0n) is 16.5. The van der Waals surface area contributed by atoms with Crippen molar-refractivity contribution in [3.05, 3.63) is 23.8 Å². The van der Waals surface area contributed by atoms with Crippen molar-refractivity contribution < 1.29 is 19.1 Å². The quantitative estimate of drug-likeness (QED) is 0.826. The number of carbonyl (C=O) groups is 2. The fourth-order valence-electron chi connectivity index (χ4n) is 3.05. The van der Waals surface area contributed by atoms with E-state index in [9.17, 15) is 9.59 Å². The molecule has 144 valence electrons. The van der Waals surface area contributed by atoms with Crippen molar-refractivity contribution in [2.75, 3.05) is 40.4 Å². The first-order valence-electron chi connectivity index (χ1n) is 9.03. The Balaban J connectivity index is 2.07. The number of ether oxygens (including phenoxy) is 2. The first kappa shape index (κ1) is 20.1. The van der Waals surface area contributed by atoms with Crippen LogP contribution in [0, 0.1) is 5.41 Å². The van der Waals surface area contributed by atoms with E-state index in [-0.39, 0.29) is 17.2 Å². The minimum absolute atomic E-state index is 0.0317. The third-order valence-electron chi connectivity index (χ3n) is 4.42. The first-order chi connectivity index (χ1) is 12.2. The summed E-state index contributed by atoms with van der Waals surface area (Å²) in [6.45, 7) is 8.63. The Kier molecular flexibility index (Phi) is 6.51. The Hall–Kier alpha value is -2.24. The molecular formula is C20H30N2O4. The number of carbonyl (C=O) groups excluding carboxylic acids is 2. The molecule has 2 rings (SSSR count). The Labute approximate surface area is 156 Å². The summed E-state index contributed by atoms with van der Waals surface area (Å²) in [5, 5.41) is 0. The van der Waals surface area contributed by atoms with Crippen molar-refractivity contribution in [1.29, 1.82) is 0 Å². The van der Waals surface area contributed by atoms with Gasteiger partial charge in [-0.1, -0.05) is 20.8 Å². The van der Waals surface area contributed by atoms with E-state index in [1.165, 1.54) is 0 Å². The molecule has 1 aromatic rings. The Morgan fingerprint density at radius 2 is 1.46 bits per heavy atom. The van der Waals surface area contributed by atoms with Gasteiger partial charge in [0.2, 0.25) is 5.91 Å². The fourth-order valence-corrected chi connectivity index (χ4v) is 3.05. The first-order valence-corrected chi connectivity index (χ1v) is 9.03. The lowest BCUT2D eigenvalue weighted by Crippen LogP contribution is -2.38. The molecule has 0 aliphatic carbocycles. The van der Waals surface area contributed by atoms with Crippen LogP contribution in [-0.4, -0.2) is 62.0 Å². The van der Waals surface area contributed by atoms with Crippen molar-refractivity contribution in [2.45, 2.75) is 33.6 Å². The molecule has 1 fully saturated rings. The molecule has 2 amide bonds. The normalized spacial score (nSPS) is 15.4. The highest BCUT2D eigenvalue weighted by atomic mass is 16.5. The maximum Gasteiger partial charge on any atom is 0.254 e. The number of benzene rings is 1. The summed E-state index contributed by atoms with van der Waals surface area (Å²) in [5.74, 6) is 1.27. The summed E-state index contributed by atoms with van der Waals surface area (Å²) in [6, 6.07) is 5.18. The van der Waals surface area contributed by atoms with Crippen molar-refractivity contribution in [3.8, 4) is 11.5 Å². The van der Waals surface area contributed by atoms with E-state index in [2.05, 4.69) is 20.8 Å². The van der Waals surface area contributed by atoms with E-state index >= 15 is 0 Å². The lowest BCUT2D eigenvalue weighted by Gasteiger charge is -2.26. The van der Waals surface area contributed by atoms with Crippen molar-refractivity contribution in [1.82, 2.24) is 9.80 Å². The largest absolute Gasteiger partial charge is 0.497 e. The summed E-state index contributed by atoms with van der Waals surface area (Å²) in [4.78, 5) is 29.1. The third-order valence-corrected chi connectivity index (χ3v) is 4.42. The standard InChI is InChI=1S/C20H30N2O4/c1-20(2,3)14-18(23)21-7-6-8-22(10-9-21)19(24)15-11-16(25-4)13-17(12-15)26-5/h11-13H,6-10,14H2,1-5H3. The van der Waals surface area contributed by atoms with E-state index < -0.39 is 0 Å². The monoisotopic (exact) mass is 362 g/mol. The van der Waals surface area contributed by atoms with Gasteiger partial charge in [-0.3, -0.25) is 9.59 Å². The van der Waals surface area contributed by atoms with Gasteiger partial charge in [0.05, 0.1) is 14.2 Å². The number of hydrogen-bond donors (Lipinski definition) is 0. The van der Waals surface area contributed by atoms with Crippen LogP contribution >= 0.6 is 0 Å². The predicted molar refractivity (Wildman–Crippen MR) is 101 cm³/mol. The summed E-state index contributed by atoms with van der Waals surface area (Å²) in [6.07, 6.45) is 1.30. The van der Waals surface area contributed by atoms with Crippen LogP contribution in [0.5, 0.6) is 11.5 Å². The Morgan fingerprint density at radius 3 is 2.00 bits per heavy atom. The molecule has 1 aromatic carbocycles. The van der Waals surface area contributed by atoms with Crippen LogP contribution in [0.3, 0.4) is 0 Å². The molecule has 0 atom stereocenters. The average molecular weight is 362 g/mol. The molecule has 0 N–H and O–H groups in total. The SMILES string of the molecule is COc1cc(OC)cc(C(=O)N2CCCN(C(=O)CC(C)(C)C)CC2)c1. The van der Waals surface area contributed by atoms with Gasteiger partial charge >= 0.3 is 0 Å². The van der Waals surface area contributed by atoms with Gasteiger partial charge in [0.25, 0.3) is 5.91 Å². The molecule has 1 heterocycles. The van der Waals surface area contributed by atoms with Crippen LogP contribution in [0.15, 0.2) is 18.2 Å². The molecule has 0 unspecified atom stereocenters. The highest BCUT2D eigenvalue weighted by Gasteiger charge is 2.25. The second-order valence-corrected chi connectivity index (χ2v) is 7.87. The minimum atomic E-state index is -0.0627. The van der Waals surface area contributed by atoms with E-state index in [0.717, 1.165) is 6.42 Å². The lowest BCUT2D eigenvalue weighted by atomic mass is 9.91. The molecule has 26 heavy (non-hydrogen) atoms. The molecule has 6 heteroatoms. The highest BCUT2D eigenvalue weighted by Crippen LogP contribution is 2.24. The third kappa shape index (κ3) is 5.38. The molecule has 0 aromatic heterocycles. The van der Waals surface area contributed by atoms with Crippen LogP contribution in [0.4, 0.5) is 0 Å². The maximum absolute atomic E-state index is 12.9. The maximum atomic E-state index is 12.9. The molecule has 6 nitrogen and oxygen atoms in total. The number of methoxy groups -OCH3 is 2. The smallest absolute Gasteiger partial charge is 0.254 e. The van der Waals surface area contributed by atoms with Gasteiger partial charge in [0, 0.05) is 44.2 Å². The second-order valence-electron chi connectivity index (χ2n) is 7.87. The van der Waals surface area contributed by atoms with Gasteiger partial charge in [0.15, 0.2) is 0 Å². The molecule has 0 spiro atoms. The van der Waals surface area contributed by atoms with Gasteiger partial charge in [0.1, 0.15) is 11.5 Å². The van der Waals surface area contributed by atoms with E-state index in [0.29, 0.717) is 49.7 Å². The van der Waals surface area contributed by atoms with Gasteiger partial charge in [-0.15, -0.1) is 0 Å². The number of amides is 2. The molecule has 1 aliphatic heterocycles. The summed E-state index contributed by atoms with van der Waals surface area (Å²) in [5.41, 5.74) is 0.506. The zero-order chi connectivity index (χ0) is 19.3. The fraction of sp³-hybridized carbons (Fsp3) is 0.600. The summed E-state index contributed by atoms with van der Waals surface area (Å²) < 4.78 is 10.5. The molecule has 0 radical (unpaired) electrons. The number of hydrogen-bond acceptors (Lipinski definition) is 4. The zero-order valence-corrected chi connectivity index (χ0v) is 16.5. The molecule has 0 bridgehead atoms. The van der Waals surface area contributed by atoms with Gasteiger partial charge in [-0.05, 0) is 24.0 Å². The number of rotatable bonds is 4. The average Bonchev–Trinajstić information content (AvgIpc) is 2.85. The van der Waals surface area contributed by atoms with E-state index in [1.54, 1.807) is 37.3 Å². The highest BCUT2D eigenvalue weighted by molar-refractivity contribution is 5.95. The van der Waals surface area contributed by atoms with Crippen molar-refractivity contribution in [3.63, 3.8) is 0 Å². The second kappa shape index (κ2) is 8.43. The molecule has 0 saturated carbocycles. The van der Waals surface area contributed by atoms with Crippen LogP contribution in [0.2, 0.25) is 0 Å². The van der Waals surface area contributed by atoms with E-state index in [1.807, 2.05) is 4.90 Å². The van der Waals surface area contributed by atoms with Gasteiger partial charge < -0.3 is 19.3 Å². The Bertz CT molecular complexity index is 629. The van der Waals surface area contributed by atoms with Gasteiger partial charge in [-0.25, -0.2) is 0 Å². The van der Waals surface area contributed by atoms with Crippen molar-refractivity contribution in [2.24, 2.45) is 5.41 Å². The van der Waals surface area contributed by atoms with Crippen LogP contribution in [-0.2, 0) is 4.79 Å². The molecular weight excluding hydrogens is 332 g/mol. The van der Waals surface area contributed by atoms with Crippen LogP contribution in [0.25, 0.3) is 0 Å². The van der Waals surface area contributed by atoms with Crippen LogP contribution < -0.4 is 9.47 Å². The Morgan fingerprint density at radius 1 is 0.923 bits per heavy atom. The predicted octanol–water partition coefficient (Wildman–Crippen LogP) is 2.81. The van der Waals surface area contributed by atoms with Crippen molar-refractivity contribution >= 4 is 11.8 Å². The lowest BCUT2D eigenvalue weighted by molar-refractivity contribution is -0.132. The molecule has 1 saturated heterocycles. The number of nitrogens with zero attached hydrogens (tertiary/aromatic N) is 2. The van der Waals surface area contributed by atoms with E-state index in [4.69, 9.17) is 9.47 Å². The van der Waals surface area contributed by atoms with Gasteiger partial charge in [-0.2, -0.15) is 0 Å². The topological polar surface area (TPSA) is 59.1 Å². The van der Waals surface area contributed by atoms with Crippen LogP contribution in [0.1, 0.15) is 44.0 Å². The summed E-state index contributed by atoms with van der Waals surface area (Å²) in [7, 11) is 3.13.